The van der Waals surface area contributed by atoms with Crippen molar-refractivity contribution < 1.29 is 22.0 Å². The summed E-state index contributed by atoms with van der Waals surface area (Å²) in [7, 11) is -3.96. The van der Waals surface area contributed by atoms with Gasteiger partial charge in [-0.05, 0) is 85.0 Å². The first-order chi connectivity index (χ1) is 19.5. The van der Waals surface area contributed by atoms with Gasteiger partial charge in [-0.1, -0.05) is 18.2 Å². The molecule has 0 aliphatic rings. The van der Waals surface area contributed by atoms with Gasteiger partial charge in [-0.25, -0.2) is 22.3 Å². The maximum Gasteiger partial charge on any atom is 0.238 e. The molecule has 0 aliphatic heterocycles. The lowest BCUT2D eigenvalue weighted by molar-refractivity contribution is -0.120. The van der Waals surface area contributed by atoms with Gasteiger partial charge in [-0.15, -0.1) is 0 Å². The number of primary sulfonamides is 1. The molecule has 0 amide bonds. The number of ketones is 1. The Morgan fingerprint density at radius 1 is 0.976 bits per heavy atom. The van der Waals surface area contributed by atoms with Crippen molar-refractivity contribution in [2.75, 3.05) is 0 Å². The van der Waals surface area contributed by atoms with Gasteiger partial charge in [0.05, 0.1) is 22.3 Å². The second-order valence-corrected chi connectivity index (χ2v) is 11.8. The molecule has 0 fully saturated rings. The van der Waals surface area contributed by atoms with Gasteiger partial charge >= 0.3 is 0 Å². The van der Waals surface area contributed by atoms with E-state index in [1.165, 1.54) is 24.3 Å². The summed E-state index contributed by atoms with van der Waals surface area (Å²) in [6, 6.07) is 16.9. The Bertz CT molecular complexity index is 1870. The highest BCUT2D eigenvalue weighted by Gasteiger charge is 2.24. The van der Waals surface area contributed by atoms with Crippen molar-refractivity contribution in [3.8, 4) is 11.1 Å². The van der Waals surface area contributed by atoms with Crippen LogP contribution >= 0.6 is 0 Å². The zero-order valence-electron chi connectivity index (χ0n) is 22.5. The Kier molecular flexibility index (Phi) is 7.79. The van der Waals surface area contributed by atoms with Crippen LogP contribution < -0.4 is 5.14 Å². The highest BCUT2D eigenvalue weighted by molar-refractivity contribution is 7.89. The number of halogens is 2. The van der Waals surface area contributed by atoms with Crippen LogP contribution in [0, 0.1) is 25.5 Å². The predicted molar refractivity (Wildman–Crippen MR) is 153 cm³/mol. The first-order valence-electron chi connectivity index (χ1n) is 13.0. The van der Waals surface area contributed by atoms with Crippen molar-refractivity contribution in [2.45, 2.75) is 44.0 Å². The van der Waals surface area contributed by atoms with Gasteiger partial charge in [-0.3, -0.25) is 14.5 Å². The zero-order valence-corrected chi connectivity index (χ0v) is 23.3. The molecular weight excluding hydrogens is 546 g/mol. The van der Waals surface area contributed by atoms with Gasteiger partial charge in [0.15, 0.2) is 5.78 Å². The van der Waals surface area contributed by atoms with E-state index in [4.69, 9.17) is 5.14 Å². The van der Waals surface area contributed by atoms with Crippen molar-refractivity contribution in [3.63, 3.8) is 0 Å². The molecule has 2 heterocycles. The molecule has 210 valence electrons. The van der Waals surface area contributed by atoms with Crippen LogP contribution in [0.15, 0.2) is 84.0 Å². The fraction of sp³-hybridized carbons (Fsp3) is 0.194. The Morgan fingerprint density at radius 3 is 2.44 bits per heavy atom. The van der Waals surface area contributed by atoms with Crippen LogP contribution in [0.1, 0.15) is 34.7 Å². The topological polar surface area (TPSA) is 108 Å². The quantitative estimate of drug-likeness (QED) is 0.246. The molecule has 0 bridgehead atoms. The highest BCUT2D eigenvalue weighted by atomic mass is 32.2. The Labute approximate surface area is 236 Å². The smallest absolute Gasteiger partial charge is 0.238 e. The van der Waals surface area contributed by atoms with Crippen LogP contribution in [0.4, 0.5) is 8.78 Å². The molecule has 0 aliphatic carbocycles. The van der Waals surface area contributed by atoms with E-state index in [9.17, 15) is 22.0 Å². The lowest BCUT2D eigenvalue weighted by Crippen LogP contribution is -2.17. The minimum absolute atomic E-state index is 0.00306. The van der Waals surface area contributed by atoms with Crippen molar-refractivity contribution in [2.24, 2.45) is 5.14 Å². The average Bonchev–Trinajstić information content (AvgIpc) is 3.28. The molecule has 0 spiro atoms. The number of hydrogen-bond donors (Lipinski definition) is 1. The number of fused-ring (bicyclic) bond motifs is 1. The summed E-state index contributed by atoms with van der Waals surface area (Å²) in [5.41, 5.74) is 5.02. The molecule has 5 aromatic rings. The SMILES string of the molecule is Cc1cc2cnn(CC(=O)C[C@@H](Cc3cc(F)cc(F)c3)c3ncccc3-c3cccc(S(N)(=O)=O)c3)c2cc1C. The molecule has 7 nitrogen and oxygen atoms in total. The number of hydrogen-bond acceptors (Lipinski definition) is 5. The summed E-state index contributed by atoms with van der Waals surface area (Å²) in [5.74, 6) is -2.17. The zero-order chi connectivity index (χ0) is 29.3. The Hall–Kier alpha value is -4.28. The normalized spacial score (nSPS) is 12.5. The number of benzene rings is 3. The van der Waals surface area contributed by atoms with E-state index in [1.807, 2.05) is 26.0 Å². The summed E-state index contributed by atoms with van der Waals surface area (Å²) >= 11 is 0. The molecule has 3 aromatic carbocycles. The summed E-state index contributed by atoms with van der Waals surface area (Å²) in [5, 5.41) is 10.7. The van der Waals surface area contributed by atoms with Gasteiger partial charge in [-0.2, -0.15) is 5.10 Å². The third kappa shape index (κ3) is 6.39. The molecule has 0 radical (unpaired) electrons. The number of nitrogens with two attached hydrogens (primary N) is 1. The Balaban J connectivity index is 1.53. The summed E-state index contributed by atoms with van der Waals surface area (Å²) in [4.78, 5) is 18.0. The molecule has 1 atom stereocenters. The molecule has 0 saturated heterocycles. The van der Waals surface area contributed by atoms with Gasteiger partial charge in [0.1, 0.15) is 18.2 Å². The van der Waals surface area contributed by atoms with Crippen LogP contribution in [0.25, 0.3) is 22.0 Å². The van der Waals surface area contributed by atoms with Crippen molar-refractivity contribution in [1.29, 1.82) is 0 Å². The van der Waals surface area contributed by atoms with Gasteiger partial charge in [0.25, 0.3) is 0 Å². The number of Topliss-reactive ketones (excluding diaryl/α,β-unsaturated/α-hetero) is 1. The fourth-order valence-electron chi connectivity index (χ4n) is 5.08. The number of aromatic nitrogens is 3. The standard InChI is InChI=1S/C31H28F2N4O3S/c1-19-9-24-17-36-37(30(24)10-20(19)2)18-27(38)14-23(11-21-12-25(32)16-26(33)13-21)31-29(7-4-8-35-31)22-5-3-6-28(15-22)41(34,39)40/h3-10,12-13,15-17,23H,11,14,18H2,1-2H3,(H2,34,39,40)/t23-/m1/s1. The van der Waals surface area contributed by atoms with Crippen molar-refractivity contribution in [3.05, 3.63) is 113 Å². The van der Waals surface area contributed by atoms with Crippen LogP contribution in [0.3, 0.4) is 0 Å². The van der Waals surface area contributed by atoms with Crippen molar-refractivity contribution in [1.82, 2.24) is 14.8 Å². The second kappa shape index (κ2) is 11.3. The minimum atomic E-state index is -3.96. The maximum absolute atomic E-state index is 14.1. The second-order valence-electron chi connectivity index (χ2n) is 10.2. The van der Waals surface area contributed by atoms with Crippen LogP contribution in [-0.4, -0.2) is 29.0 Å². The van der Waals surface area contributed by atoms with Gasteiger partial charge in [0, 0.05) is 35.6 Å². The largest absolute Gasteiger partial charge is 0.298 e. The van der Waals surface area contributed by atoms with E-state index in [-0.39, 0.29) is 30.1 Å². The lowest BCUT2D eigenvalue weighted by atomic mass is 9.87. The van der Waals surface area contributed by atoms with Crippen LogP contribution in [-0.2, 0) is 27.8 Å². The van der Waals surface area contributed by atoms with Gasteiger partial charge < -0.3 is 0 Å². The highest BCUT2D eigenvalue weighted by Crippen LogP contribution is 2.33. The number of carbonyl (C=O) groups excluding carboxylic acids is 1. The number of sulfonamides is 1. The van der Waals surface area contributed by atoms with Crippen LogP contribution in [0.5, 0.6) is 0 Å². The number of nitrogens with zero attached hydrogens (tertiary/aromatic N) is 3. The maximum atomic E-state index is 14.1. The lowest BCUT2D eigenvalue weighted by Gasteiger charge is -2.20. The third-order valence-corrected chi connectivity index (χ3v) is 8.07. The van der Waals surface area contributed by atoms with E-state index in [1.54, 1.807) is 41.3 Å². The average molecular weight is 575 g/mol. The van der Waals surface area contributed by atoms with E-state index in [2.05, 4.69) is 10.1 Å². The molecular formula is C31H28F2N4O3S. The molecule has 0 saturated carbocycles. The summed E-state index contributed by atoms with van der Waals surface area (Å²) in [6.07, 6.45) is 3.41. The number of aryl methyl sites for hydroxylation is 2. The minimum Gasteiger partial charge on any atom is -0.298 e. The summed E-state index contributed by atoms with van der Waals surface area (Å²) in [6.45, 7) is 4.01. The first-order valence-corrected chi connectivity index (χ1v) is 14.5. The predicted octanol–water partition coefficient (Wildman–Crippen LogP) is 5.63. The fourth-order valence-corrected chi connectivity index (χ4v) is 5.64. The molecule has 2 N–H and O–H groups in total. The first kappa shape index (κ1) is 28.3. The molecule has 41 heavy (non-hydrogen) atoms. The number of pyridine rings is 1. The third-order valence-electron chi connectivity index (χ3n) is 7.16. The monoisotopic (exact) mass is 574 g/mol. The van der Waals surface area contributed by atoms with E-state index < -0.39 is 27.6 Å². The number of rotatable bonds is 9. The van der Waals surface area contributed by atoms with E-state index in [0.29, 0.717) is 22.4 Å². The Morgan fingerprint density at radius 2 is 1.71 bits per heavy atom. The van der Waals surface area contributed by atoms with E-state index in [0.717, 1.165) is 28.1 Å². The van der Waals surface area contributed by atoms with Gasteiger partial charge in [0.2, 0.25) is 10.0 Å². The van der Waals surface area contributed by atoms with E-state index >= 15 is 0 Å². The molecule has 10 heteroatoms. The molecule has 5 rings (SSSR count). The van der Waals surface area contributed by atoms with Crippen LogP contribution in [0.2, 0.25) is 0 Å². The summed E-state index contributed by atoms with van der Waals surface area (Å²) < 4.78 is 53.9. The van der Waals surface area contributed by atoms with Crippen molar-refractivity contribution >= 4 is 26.7 Å². The molecule has 2 aromatic heterocycles. The molecule has 0 unspecified atom stereocenters. The number of carbonyl (C=O) groups is 1.